The van der Waals surface area contributed by atoms with Crippen LogP contribution in [-0.2, 0) is 4.79 Å². The van der Waals surface area contributed by atoms with Gasteiger partial charge < -0.3 is 5.11 Å². The summed E-state index contributed by atoms with van der Waals surface area (Å²) in [4.78, 5) is 11.5. The summed E-state index contributed by atoms with van der Waals surface area (Å²) < 4.78 is 0. The van der Waals surface area contributed by atoms with Crippen LogP contribution >= 0.6 is 22.9 Å². The van der Waals surface area contributed by atoms with Crippen LogP contribution < -0.4 is 0 Å². The van der Waals surface area contributed by atoms with Gasteiger partial charge in [0.2, 0.25) is 0 Å². The lowest BCUT2D eigenvalue weighted by Crippen LogP contribution is -1.97. The molecule has 0 bridgehead atoms. The van der Waals surface area contributed by atoms with E-state index in [9.17, 15) is 4.79 Å². The Morgan fingerprint density at radius 3 is 2.85 bits per heavy atom. The molecule has 0 fully saturated rings. The van der Waals surface area contributed by atoms with E-state index < -0.39 is 5.97 Å². The van der Waals surface area contributed by atoms with Crippen molar-refractivity contribution in [2.45, 2.75) is 13.3 Å². The predicted octanol–water partition coefficient (Wildman–Crippen LogP) is 3.28. The number of carboxylic acid groups (broad SMARTS) is 1. The van der Waals surface area contributed by atoms with Gasteiger partial charge >= 0.3 is 5.97 Å². The number of hydrogen-bond donors (Lipinski definition) is 1. The van der Waals surface area contributed by atoms with E-state index in [0.29, 0.717) is 17.0 Å². The Hall–Kier alpha value is -0.800. The summed E-state index contributed by atoms with van der Waals surface area (Å²) >= 11 is 7.14. The van der Waals surface area contributed by atoms with Crippen molar-refractivity contribution in [1.82, 2.24) is 0 Å². The third-order valence-electron chi connectivity index (χ3n) is 1.56. The third kappa shape index (κ3) is 2.86. The molecule has 1 rings (SSSR count). The summed E-state index contributed by atoms with van der Waals surface area (Å²) in [6, 6.07) is 1.75. The minimum Gasteiger partial charge on any atom is -0.478 e. The van der Waals surface area contributed by atoms with Crippen LogP contribution in [0.4, 0.5) is 0 Å². The Morgan fingerprint density at radius 2 is 2.46 bits per heavy atom. The SMILES string of the molecule is CC/C(=C\c1cc(Cl)cs1)C(=O)O. The monoisotopic (exact) mass is 216 g/mol. The number of thiophene rings is 1. The third-order valence-corrected chi connectivity index (χ3v) is 2.79. The molecule has 0 aromatic carbocycles. The molecule has 1 heterocycles. The minimum atomic E-state index is -0.868. The van der Waals surface area contributed by atoms with Gasteiger partial charge in [0.25, 0.3) is 0 Å². The van der Waals surface area contributed by atoms with E-state index in [4.69, 9.17) is 16.7 Å². The molecule has 0 atom stereocenters. The van der Waals surface area contributed by atoms with Crippen LogP contribution in [0.3, 0.4) is 0 Å². The van der Waals surface area contributed by atoms with Gasteiger partial charge in [-0.15, -0.1) is 11.3 Å². The molecule has 1 N–H and O–H groups in total. The van der Waals surface area contributed by atoms with Crippen molar-refractivity contribution < 1.29 is 9.90 Å². The predicted molar refractivity (Wildman–Crippen MR) is 55.2 cm³/mol. The van der Waals surface area contributed by atoms with Crippen molar-refractivity contribution in [3.05, 3.63) is 26.9 Å². The largest absolute Gasteiger partial charge is 0.478 e. The van der Waals surface area contributed by atoms with Crippen molar-refractivity contribution in [2.75, 3.05) is 0 Å². The van der Waals surface area contributed by atoms with Crippen LogP contribution in [0.25, 0.3) is 6.08 Å². The maximum atomic E-state index is 10.6. The van der Waals surface area contributed by atoms with Gasteiger partial charge in [0.15, 0.2) is 0 Å². The first kappa shape index (κ1) is 10.3. The average molecular weight is 217 g/mol. The second-order valence-electron chi connectivity index (χ2n) is 2.50. The van der Waals surface area contributed by atoms with Crippen molar-refractivity contribution in [3.63, 3.8) is 0 Å². The molecular formula is C9H9ClO2S. The lowest BCUT2D eigenvalue weighted by Gasteiger charge is -1.94. The van der Waals surface area contributed by atoms with Crippen LogP contribution in [0.5, 0.6) is 0 Å². The fraction of sp³-hybridized carbons (Fsp3) is 0.222. The molecular weight excluding hydrogens is 208 g/mol. The highest BCUT2D eigenvalue weighted by Crippen LogP contribution is 2.22. The molecule has 13 heavy (non-hydrogen) atoms. The molecule has 0 aliphatic rings. The highest BCUT2D eigenvalue weighted by Gasteiger charge is 2.04. The lowest BCUT2D eigenvalue weighted by molar-refractivity contribution is -0.132. The smallest absolute Gasteiger partial charge is 0.331 e. The zero-order valence-electron chi connectivity index (χ0n) is 7.08. The molecule has 1 aromatic heterocycles. The molecule has 0 unspecified atom stereocenters. The number of carboxylic acids is 1. The number of aliphatic carboxylic acids is 1. The van der Waals surface area contributed by atoms with Crippen LogP contribution in [0, 0.1) is 0 Å². The summed E-state index contributed by atoms with van der Waals surface area (Å²) in [5, 5.41) is 11.2. The standard InChI is InChI=1S/C9H9ClO2S/c1-2-6(9(11)12)3-8-4-7(10)5-13-8/h3-5H,2H2,1H3,(H,11,12)/b6-3+. The highest BCUT2D eigenvalue weighted by atomic mass is 35.5. The Bertz CT molecular complexity index is 341. The van der Waals surface area contributed by atoms with Crippen molar-refractivity contribution in [2.24, 2.45) is 0 Å². The summed E-state index contributed by atoms with van der Waals surface area (Å²) in [5.74, 6) is -0.868. The van der Waals surface area contributed by atoms with Crippen molar-refractivity contribution in [3.8, 4) is 0 Å². The van der Waals surface area contributed by atoms with Crippen molar-refractivity contribution in [1.29, 1.82) is 0 Å². The van der Waals surface area contributed by atoms with Gasteiger partial charge in [-0.1, -0.05) is 18.5 Å². The zero-order chi connectivity index (χ0) is 9.84. The van der Waals surface area contributed by atoms with Crippen LogP contribution in [0.2, 0.25) is 5.02 Å². The molecule has 1 aromatic rings. The van der Waals surface area contributed by atoms with Gasteiger partial charge in [0.1, 0.15) is 0 Å². The molecule has 0 aliphatic heterocycles. The lowest BCUT2D eigenvalue weighted by atomic mass is 10.2. The fourth-order valence-corrected chi connectivity index (χ4v) is 1.93. The van der Waals surface area contributed by atoms with E-state index in [1.807, 2.05) is 6.92 Å². The quantitative estimate of drug-likeness (QED) is 0.788. The molecule has 0 saturated carbocycles. The number of halogens is 1. The first-order valence-corrected chi connectivity index (χ1v) is 5.07. The minimum absolute atomic E-state index is 0.401. The van der Waals surface area contributed by atoms with E-state index >= 15 is 0 Å². The van der Waals surface area contributed by atoms with Crippen LogP contribution in [-0.4, -0.2) is 11.1 Å². The van der Waals surface area contributed by atoms with Gasteiger partial charge in [-0.3, -0.25) is 0 Å². The molecule has 0 aliphatic carbocycles. The van der Waals surface area contributed by atoms with Crippen molar-refractivity contribution >= 4 is 35.0 Å². The first-order valence-electron chi connectivity index (χ1n) is 3.81. The first-order chi connectivity index (χ1) is 6.13. The second kappa shape index (κ2) is 4.44. The van der Waals surface area contributed by atoms with E-state index in [0.717, 1.165) is 4.88 Å². The Morgan fingerprint density at radius 1 is 1.77 bits per heavy atom. The average Bonchev–Trinajstić information content (AvgIpc) is 2.46. The summed E-state index contributed by atoms with van der Waals surface area (Å²) in [6.07, 6.45) is 2.17. The molecule has 4 heteroatoms. The topological polar surface area (TPSA) is 37.3 Å². The van der Waals surface area contributed by atoms with Gasteiger partial charge in [-0.2, -0.15) is 0 Å². The van der Waals surface area contributed by atoms with E-state index in [1.165, 1.54) is 11.3 Å². The summed E-state index contributed by atoms with van der Waals surface area (Å²) in [7, 11) is 0. The zero-order valence-corrected chi connectivity index (χ0v) is 8.65. The Labute approximate surface area is 85.5 Å². The highest BCUT2D eigenvalue weighted by molar-refractivity contribution is 7.11. The maximum Gasteiger partial charge on any atom is 0.331 e. The Kier molecular flexibility index (Phi) is 3.51. The maximum absolute atomic E-state index is 10.6. The fourth-order valence-electron chi connectivity index (χ4n) is 0.891. The summed E-state index contributed by atoms with van der Waals surface area (Å²) in [5.41, 5.74) is 0.401. The Balaban J connectivity index is 2.91. The molecule has 70 valence electrons. The molecule has 0 saturated heterocycles. The number of hydrogen-bond acceptors (Lipinski definition) is 2. The molecule has 0 spiro atoms. The van der Waals surface area contributed by atoms with E-state index in [-0.39, 0.29) is 0 Å². The summed E-state index contributed by atoms with van der Waals surface area (Å²) in [6.45, 7) is 1.81. The number of rotatable bonds is 3. The molecule has 0 amide bonds. The van der Waals surface area contributed by atoms with Gasteiger partial charge in [0.05, 0.1) is 5.02 Å². The van der Waals surface area contributed by atoms with E-state index in [1.54, 1.807) is 17.5 Å². The van der Waals surface area contributed by atoms with Crippen LogP contribution in [0.15, 0.2) is 17.0 Å². The normalized spacial score (nSPS) is 11.7. The van der Waals surface area contributed by atoms with E-state index in [2.05, 4.69) is 0 Å². The van der Waals surface area contributed by atoms with Gasteiger partial charge in [-0.25, -0.2) is 4.79 Å². The van der Waals surface area contributed by atoms with Gasteiger partial charge in [-0.05, 0) is 18.6 Å². The van der Waals surface area contributed by atoms with Crippen LogP contribution in [0.1, 0.15) is 18.2 Å². The molecule has 2 nitrogen and oxygen atoms in total. The molecule has 0 radical (unpaired) electrons. The van der Waals surface area contributed by atoms with Gasteiger partial charge in [0, 0.05) is 15.8 Å². The second-order valence-corrected chi connectivity index (χ2v) is 3.87. The number of carbonyl (C=O) groups is 1.